The van der Waals surface area contributed by atoms with Crippen LogP contribution < -0.4 is 10.4 Å². The third-order valence-corrected chi connectivity index (χ3v) is 5.39. The topological polar surface area (TPSA) is 82.1 Å². The van der Waals surface area contributed by atoms with Crippen LogP contribution in [-0.4, -0.2) is 28.7 Å². The maximum Gasteiger partial charge on any atom is 0.230 e. The van der Waals surface area contributed by atoms with Crippen molar-refractivity contribution in [1.29, 1.82) is 0 Å². The minimum atomic E-state index is -1.27. The van der Waals surface area contributed by atoms with E-state index in [1.54, 1.807) is 6.07 Å². The zero-order chi connectivity index (χ0) is 16.1. The van der Waals surface area contributed by atoms with E-state index in [4.69, 9.17) is 0 Å². The fourth-order valence-electron chi connectivity index (χ4n) is 2.83. The van der Waals surface area contributed by atoms with Crippen molar-refractivity contribution in [1.82, 2.24) is 10.3 Å². The predicted molar refractivity (Wildman–Crippen MR) is 83.4 cm³/mol. The number of thioether (sulfide) groups is 1. The summed E-state index contributed by atoms with van der Waals surface area (Å²) in [5, 5.41) is 14.4. The van der Waals surface area contributed by atoms with Gasteiger partial charge in [-0.1, -0.05) is 38.5 Å². The third-order valence-electron chi connectivity index (χ3n) is 4.38. The molecule has 120 valence electrons. The highest BCUT2D eigenvalue weighted by Gasteiger charge is 2.28. The molecule has 1 saturated carbocycles. The van der Waals surface area contributed by atoms with Gasteiger partial charge in [-0.05, 0) is 30.4 Å². The maximum atomic E-state index is 12.1. The number of hydrogen-bond acceptors (Lipinski definition) is 5. The van der Waals surface area contributed by atoms with Gasteiger partial charge in [0.15, 0.2) is 0 Å². The summed E-state index contributed by atoms with van der Waals surface area (Å²) in [6.45, 7) is 4.40. The number of amides is 1. The SMILES string of the molecule is C[C@H]1[C@H](C)CCC[C@H]1NC(=O)CSc1ncccc1C(=O)[O-]. The first kappa shape index (κ1) is 16.8. The number of carboxylic acids is 1. The van der Waals surface area contributed by atoms with E-state index in [1.165, 1.54) is 18.7 Å². The normalized spacial score (nSPS) is 24.7. The lowest BCUT2D eigenvalue weighted by Gasteiger charge is -2.34. The van der Waals surface area contributed by atoms with Crippen LogP contribution in [0.3, 0.4) is 0 Å². The Morgan fingerprint density at radius 1 is 1.41 bits per heavy atom. The number of pyridine rings is 1. The van der Waals surface area contributed by atoms with Crippen molar-refractivity contribution in [2.75, 3.05) is 5.75 Å². The van der Waals surface area contributed by atoms with Gasteiger partial charge in [0.1, 0.15) is 5.03 Å². The molecule has 1 amide bonds. The molecule has 0 bridgehead atoms. The summed E-state index contributed by atoms with van der Waals surface area (Å²) in [5.41, 5.74) is 0.0277. The Morgan fingerprint density at radius 3 is 2.91 bits per heavy atom. The van der Waals surface area contributed by atoms with Gasteiger partial charge in [0.2, 0.25) is 5.91 Å². The van der Waals surface area contributed by atoms with E-state index in [0.29, 0.717) is 16.9 Å². The number of carbonyl (C=O) groups is 2. The molecule has 1 aliphatic carbocycles. The van der Waals surface area contributed by atoms with Crippen molar-refractivity contribution in [2.45, 2.75) is 44.2 Å². The summed E-state index contributed by atoms with van der Waals surface area (Å²) in [5.74, 6) is -0.102. The second kappa shape index (κ2) is 7.63. The lowest BCUT2D eigenvalue weighted by molar-refractivity contribution is -0.255. The van der Waals surface area contributed by atoms with Gasteiger partial charge in [-0.25, -0.2) is 4.98 Å². The second-order valence-corrected chi connectivity index (χ2v) is 6.84. The third kappa shape index (κ3) is 4.22. The maximum absolute atomic E-state index is 12.1. The standard InChI is InChI=1S/C16H22N2O3S/c1-10-5-3-7-13(11(10)2)18-14(19)9-22-15-12(16(20)21)6-4-8-17-15/h4,6,8,10-11,13H,3,5,7,9H2,1-2H3,(H,18,19)(H,20,21)/p-1/t10-,11+,13-/m1/s1. The molecular formula is C16H21N2O3S-. The molecular weight excluding hydrogens is 300 g/mol. The zero-order valence-corrected chi connectivity index (χ0v) is 13.7. The number of nitrogens with one attached hydrogen (secondary N) is 1. The molecule has 1 N–H and O–H groups in total. The number of nitrogens with zero attached hydrogens (tertiary/aromatic N) is 1. The molecule has 3 atom stereocenters. The van der Waals surface area contributed by atoms with Crippen molar-refractivity contribution in [3.05, 3.63) is 23.9 Å². The predicted octanol–water partition coefficient (Wildman–Crippen LogP) is 1.48. The first-order chi connectivity index (χ1) is 10.5. The Kier molecular flexibility index (Phi) is 5.83. The Labute approximate surface area is 134 Å². The van der Waals surface area contributed by atoms with Gasteiger partial charge in [-0.2, -0.15) is 0 Å². The average molecular weight is 321 g/mol. The fraction of sp³-hybridized carbons (Fsp3) is 0.562. The molecule has 0 saturated heterocycles. The van der Waals surface area contributed by atoms with E-state index in [2.05, 4.69) is 24.1 Å². The summed E-state index contributed by atoms with van der Waals surface area (Å²) >= 11 is 1.13. The minimum Gasteiger partial charge on any atom is -0.545 e. The summed E-state index contributed by atoms with van der Waals surface area (Å²) in [4.78, 5) is 27.1. The Bertz CT molecular complexity index is 550. The van der Waals surface area contributed by atoms with Gasteiger partial charge in [-0.15, -0.1) is 0 Å². The van der Waals surface area contributed by atoms with Crippen LogP contribution in [0.2, 0.25) is 0 Å². The number of aromatic carboxylic acids is 1. The molecule has 1 aromatic heterocycles. The van der Waals surface area contributed by atoms with Crippen molar-refractivity contribution >= 4 is 23.6 Å². The molecule has 1 aromatic rings. The number of carboxylic acid groups (broad SMARTS) is 1. The van der Waals surface area contributed by atoms with E-state index in [9.17, 15) is 14.7 Å². The highest BCUT2D eigenvalue weighted by Crippen LogP contribution is 2.29. The number of carbonyl (C=O) groups excluding carboxylic acids is 2. The van der Waals surface area contributed by atoms with Crippen LogP contribution in [-0.2, 0) is 4.79 Å². The van der Waals surface area contributed by atoms with Crippen LogP contribution in [0.1, 0.15) is 43.5 Å². The summed E-state index contributed by atoms with van der Waals surface area (Å²) in [6.07, 6.45) is 4.87. The quantitative estimate of drug-likeness (QED) is 0.831. The first-order valence-corrected chi connectivity index (χ1v) is 8.56. The highest BCUT2D eigenvalue weighted by atomic mass is 32.2. The molecule has 5 nitrogen and oxygen atoms in total. The van der Waals surface area contributed by atoms with Crippen molar-refractivity contribution in [3.63, 3.8) is 0 Å². The molecule has 1 aliphatic rings. The van der Waals surface area contributed by atoms with Crippen molar-refractivity contribution in [2.24, 2.45) is 11.8 Å². The van der Waals surface area contributed by atoms with Crippen LogP contribution in [0.25, 0.3) is 0 Å². The number of aromatic nitrogens is 1. The number of rotatable bonds is 5. The summed E-state index contributed by atoms with van der Waals surface area (Å²) in [7, 11) is 0. The first-order valence-electron chi connectivity index (χ1n) is 7.57. The molecule has 1 heterocycles. The fourth-order valence-corrected chi connectivity index (χ4v) is 3.62. The lowest BCUT2D eigenvalue weighted by Crippen LogP contribution is -2.44. The van der Waals surface area contributed by atoms with E-state index >= 15 is 0 Å². The van der Waals surface area contributed by atoms with E-state index in [0.717, 1.165) is 24.6 Å². The molecule has 22 heavy (non-hydrogen) atoms. The largest absolute Gasteiger partial charge is 0.545 e. The molecule has 0 radical (unpaired) electrons. The summed E-state index contributed by atoms with van der Waals surface area (Å²) in [6, 6.07) is 3.19. The second-order valence-electron chi connectivity index (χ2n) is 5.87. The van der Waals surface area contributed by atoms with Crippen LogP contribution in [0.4, 0.5) is 0 Å². The Balaban J connectivity index is 1.89. The average Bonchev–Trinajstić information content (AvgIpc) is 2.50. The van der Waals surface area contributed by atoms with Gasteiger partial charge in [0, 0.05) is 17.8 Å². The van der Waals surface area contributed by atoms with E-state index < -0.39 is 5.97 Å². The molecule has 2 rings (SSSR count). The van der Waals surface area contributed by atoms with E-state index in [1.807, 2.05) is 0 Å². The molecule has 0 aliphatic heterocycles. The smallest absolute Gasteiger partial charge is 0.230 e. The van der Waals surface area contributed by atoms with E-state index in [-0.39, 0.29) is 23.3 Å². The van der Waals surface area contributed by atoms with Gasteiger partial charge in [0.25, 0.3) is 0 Å². The Hall–Kier alpha value is -1.56. The van der Waals surface area contributed by atoms with Crippen LogP contribution >= 0.6 is 11.8 Å². The van der Waals surface area contributed by atoms with Gasteiger partial charge < -0.3 is 15.2 Å². The lowest BCUT2D eigenvalue weighted by atomic mass is 9.78. The van der Waals surface area contributed by atoms with Crippen LogP contribution in [0.5, 0.6) is 0 Å². The monoisotopic (exact) mass is 321 g/mol. The van der Waals surface area contributed by atoms with Gasteiger partial charge >= 0.3 is 0 Å². The molecule has 1 fully saturated rings. The molecule has 6 heteroatoms. The molecule has 0 unspecified atom stereocenters. The van der Waals surface area contributed by atoms with Crippen molar-refractivity contribution < 1.29 is 14.7 Å². The van der Waals surface area contributed by atoms with Gasteiger partial charge in [0.05, 0.1) is 11.7 Å². The Morgan fingerprint density at radius 2 is 2.18 bits per heavy atom. The summed E-state index contributed by atoms with van der Waals surface area (Å²) < 4.78 is 0. The van der Waals surface area contributed by atoms with Crippen molar-refractivity contribution in [3.8, 4) is 0 Å². The highest BCUT2D eigenvalue weighted by molar-refractivity contribution is 8.00. The zero-order valence-electron chi connectivity index (χ0n) is 12.9. The minimum absolute atomic E-state index is 0.0277. The van der Waals surface area contributed by atoms with Crippen LogP contribution in [0, 0.1) is 11.8 Å². The van der Waals surface area contributed by atoms with Crippen LogP contribution in [0.15, 0.2) is 23.4 Å². The van der Waals surface area contributed by atoms with Gasteiger partial charge in [-0.3, -0.25) is 4.79 Å². The number of hydrogen-bond donors (Lipinski definition) is 1. The molecule has 0 aromatic carbocycles. The molecule has 0 spiro atoms.